The monoisotopic (exact) mass is 798 g/mol. The summed E-state index contributed by atoms with van der Waals surface area (Å²) < 4.78 is 16.3. The van der Waals surface area contributed by atoms with Crippen LogP contribution < -0.4 is 25.4 Å². The number of methoxy groups -OCH3 is 2. The number of hydrogen-bond donors (Lipinski definition) is 3. The van der Waals surface area contributed by atoms with Crippen molar-refractivity contribution in [1.29, 1.82) is 0 Å². The summed E-state index contributed by atoms with van der Waals surface area (Å²) in [5, 5.41) is 10.7. The zero-order valence-corrected chi connectivity index (χ0v) is 35.4. The average Bonchev–Trinajstić information content (AvgIpc) is 3.25. The molecule has 3 N–H and O–H groups in total. The van der Waals surface area contributed by atoms with Gasteiger partial charge in [0.1, 0.15) is 17.6 Å². The molecule has 6 rings (SSSR count). The van der Waals surface area contributed by atoms with E-state index in [2.05, 4.69) is 49.6 Å². The molecule has 2 aliphatic rings. The van der Waals surface area contributed by atoms with Gasteiger partial charge in [0.25, 0.3) is 0 Å². The van der Waals surface area contributed by atoms with Gasteiger partial charge in [-0.1, -0.05) is 65.2 Å². The third-order valence-corrected chi connectivity index (χ3v) is 11.3. The van der Waals surface area contributed by atoms with Crippen molar-refractivity contribution >= 4 is 45.3 Å². The fourth-order valence-electron chi connectivity index (χ4n) is 7.79. The van der Waals surface area contributed by atoms with Crippen molar-refractivity contribution in [2.45, 2.75) is 116 Å². The highest BCUT2D eigenvalue weighted by molar-refractivity contribution is 6.01. The van der Waals surface area contributed by atoms with Crippen molar-refractivity contribution < 1.29 is 23.8 Å². The highest BCUT2D eigenvalue weighted by Gasteiger charge is 2.23. The number of likely N-dealkylation sites (tertiary alicyclic amines) is 2. The lowest BCUT2D eigenvalue weighted by Gasteiger charge is -2.32. The predicted molar refractivity (Wildman–Crippen MR) is 235 cm³/mol. The lowest BCUT2D eigenvalue weighted by Crippen LogP contribution is -2.46. The van der Waals surface area contributed by atoms with E-state index >= 15 is 0 Å². The third-order valence-electron chi connectivity index (χ3n) is 11.3. The number of benzene rings is 2. The second-order valence-electron chi connectivity index (χ2n) is 15.6. The number of anilines is 2. The standard InChI is InChI=1S/C23H34N4O2.C23H33N3O3/c1-3-4-5-6-7-14-27-15-11-18(12-16-27)25-23(28)26-22-10-13-24-21-9-8-19(29-2)17-20(21)22;1-3-4-5-6-7-14-26-15-11-18(12-16-26)29-23(27)25-22-10-13-24-21-9-8-19(28-2)17-20(21)22/h8-10,13,17-18H,3-7,11-12,14-16H2,1-2H3,(H2,24,25,26,28);8-10,13,17-18H,3-7,11-12,14-16H2,1-2H3,(H,24,25,27). The van der Waals surface area contributed by atoms with E-state index in [4.69, 9.17) is 14.2 Å². The van der Waals surface area contributed by atoms with Crippen molar-refractivity contribution in [3.8, 4) is 11.5 Å². The van der Waals surface area contributed by atoms with E-state index in [9.17, 15) is 9.59 Å². The number of urea groups is 1. The molecule has 0 atom stereocenters. The first-order chi connectivity index (χ1) is 28.4. The summed E-state index contributed by atoms with van der Waals surface area (Å²) in [6.45, 7) is 11.0. The minimum atomic E-state index is -0.404. The molecule has 58 heavy (non-hydrogen) atoms. The summed E-state index contributed by atoms with van der Waals surface area (Å²) in [6, 6.07) is 15.0. The molecule has 0 aliphatic carbocycles. The number of carbonyl (C=O) groups excluding carboxylic acids is 2. The van der Waals surface area contributed by atoms with Crippen molar-refractivity contribution in [1.82, 2.24) is 25.1 Å². The van der Waals surface area contributed by atoms with Gasteiger partial charge in [0.2, 0.25) is 0 Å². The Balaban J connectivity index is 0.000000221. The van der Waals surface area contributed by atoms with Gasteiger partial charge in [-0.2, -0.15) is 0 Å². The summed E-state index contributed by atoms with van der Waals surface area (Å²) >= 11 is 0. The maximum Gasteiger partial charge on any atom is 0.411 e. The van der Waals surface area contributed by atoms with Crippen LogP contribution in [0.3, 0.4) is 0 Å². The van der Waals surface area contributed by atoms with Gasteiger partial charge < -0.3 is 34.6 Å². The van der Waals surface area contributed by atoms with Crippen molar-refractivity contribution in [3.63, 3.8) is 0 Å². The smallest absolute Gasteiger partial charge is 0.411 e. The molecule has 4 aromatic rings. The molecule has 2 aromatic carbocycles. The number of nitrogens with zero attached hydrogens (tertiary/aromatic N) is 4. The van der Waals surface area contributed by atoms with Crippen LogP contribution in [0, 0.1) is 0 Å². The second-order valence-corrected chi connectivity index (χ2v) is 15.6. The average molecular weight is 798 g/mol. The fraction of sp³-hybridized carbons (Fsp3) is 0.565. The van der Waals surface area contributed by atoms with Crippen molar-refractivity contribution in [2.24, 2.45) is 0 Å². The molecule has 12 heteroatoms. The Morgan fingerprint density at radius 2 is 1.12 bits per heavy atom. The third kappa shape index (κ3) is 14.3. The van der Waals surface area contributed by atoms with Crippen LogP contribution in [0.5, 0.6) is 11.5 Å². The van der Waals surface area contributed by atoms with E-state index in [1.54, 1.807) is 32.7 Å². The molecule has 0 bridgehead atoms. The molecule has 316 valence electrons. The number of ether oxygens (including phenoxy) is 3. The number of carbonyl (C=O) groups is 2. The first-order valence-electron chi connectivity index (χ1n) is 21.7. The Morgan fingerprint density at radius 1 is 0.638 bits per heavy atom. The largest absolute Gasteiger partial charge is 0.497 e. The van der Waals surface area contributed by atoms with Crippen LogP contribution in [0.25, 0.3) is 21.8 Å². The Hall–Kier alpha value is -4.68. The van der Waals surface area contributed by atoms with Crippen LogP contribution in [0.1, 0.15) is 104 Å². The number of pyridine rings is 2. The van der Waals surface area contributed by atoms with E-state index in [1.165, 1.54) is 70.8 Å². The molecule has 2 fully saturated rings. The highest BCUT2D eigenvalue weighted by atomic mass is 16.6. The second kappa shape index (κ2) is 24.3. The van der Waals surface area contributed by atoms with Crippen LogP contribution in [-0.2, 0) is 4.74 Å². The van der Waals surface area contributed by atoms with Gasteiger partial charge in [0.05, 0.1) is 36.6 Å². The first kappa shape index (κ1) is 44.4. The number of nitrogens with one attached hydrogen (secondary N) is 3. The summed E-state index contributed by atoms with van der Waals surface area (Å²) in [4.78, 5) is 38.7. The number of aromatic nitrogens is 2. The zero-order chi connectivity index (χ0) is 41.0. The summed E-state index contributed by atoms with van der Waals surface area (Å²) in [5.41, 5.74) is 3.06. The van der Waals surface area contributed by atoms with Gasteiger partial charge in [0, 0.05) is 55.4 Å². The minimum absolute atomic E-state index is 0.0195. The van der Waals surface area contributed by atoms with Gasteiger partial charge in [-0.25, -0.2) is 9.59 Å². The number of amides is 3. The van der Waals surface area contributed by atoms with Gasteiger partial charge in [-0.05, 0) is 100 Å². The number of fused-ring (bicyclic) bond motifs is 2. The van der Waals surface area contributed by atoms with E-state index in [1.807, 2.05) is 42.5 Å². The predicted octanol–water partition coefficient (Wildman–Crippen LogP) is 10.0. The molecule has 0 saturated carbocycles. The maximum atomic E-state index is 12.5. The molecule has 2 saturated heterocycles. The molecule has 0 unspecified atom stereocenters. The van der Waals surface area contributed by atoms with E-state index in [0.717, 1.165) is 97.4 Å². The topological polar surface area (TPSA) is 130 Å². The van der Waals surface area contributed by atoms with Crippen molar-refractivity contribution in [3.05, 3.63) is 60.9 Å². The normalized spacial score (nSPS) is 15.4. The van der Waals surface area contributed by atoms with Gasteiger partial charge in [-0.3, -0.25) is 15.3 Å². The summed E-state index contributed by atoms with van der Waals surface area (Å²) in [5.74, 6) is 1.47. The molecule has 2 aliphatic heterocycles. The minimum Gasteiger partial charge on any atom is -0.497 e. The van der Waals surface area contributed by atoms with Crippen LogP contribution in [0.2, 0.25) is 0 Å². The molecule has 12 nitrogen and oxygen atoms in total. The van der Waals surface area contributed by atoms with E-state index in [0.29, 0.717) is 5.69 Å². The Bertz CT molecular complexity index is 1710. The van der Waals surface area contributed by atoms with Gasteiger partial charge >= 0.3 is 12.1 Å². The van der Waals surface area contributed by atoms with Gasteiger partial charge in [0.15, 0.2) is 0 Å². The Morgan fingerprint density at radius 3 is 1.62 bits per heavy atom. The zero-order valence-electron chi connectivity index (χ0n) is 35.4. The lowest BCUT2D eigenvalue weighted by atomic mass is 10.0. The maximum absolute atomic E-state index is 12.5. The molecular weight excluding hydrogens is 731 g/mol. The molecule has 2 aromatic heterocycles. The molecule has 3 amide bonds. The van der Waals surface area contributed by atoms with E-state index in [-0.39, 0.29) is 18.2 Å². The number of piperidine rings is 2. The number of unbranched alkanes of at least 4 members (excludes halogenated alkanes) is 8. The summed E-state index contributed by atoms with van der Waals surface area (Å²) in [6.07, 6.45) is 19.9. The summed E-state index contributed by atoms with van der Waals surface area (Å²) in [7, 11) is 3.26. The lowest BCUT2D eigenvalue weighted by molar-refractivity contribution is 0.0585. The van der Waals surface area contributed by atoms with E-state index < -0.39 is 6.09 Å². The Labute approximate surface area is 345 Å². The van der Waals surface area contributed by atoms with Crippen LogP contribution in [0.4, 0.5) is 21.0 Å². The Kier molecular flexibility index (Phi) is 18.6. The van der Waals surface area contributed by atoms with Crippen LogP contribution in [0.15, 0.2) is 60.9 Å². The van der Waals surface area contributed by atoms with Crippen LogP contribution >= 0.6 is 0 Å². The molecular formula is C46H67N7O5. The quantitative estimate of drug-likeness (QED) is 0.0843. The first-order valence-corrected chi connectivity index (χ1v) is 21.7. The SMILES string of the molecule is CCCCCCCN1CCC(NC(=O)Nc2ccnc3ccc(OC)cc23)CC1.CCCCCCCN1CCC(OC(=O)Nc2ccnc3ccc(OC)cc23)CC1. The highest BCUT2D eigenvalue weighted by Crippen LogP contribution is 2.28. The van der Waals surface area contributed by atoms with Gasteiger partial charge in [-0.15, -0.1) is 0 Å². The fourth-order valence-corrected chi connectivity index (χ4v) is 7.79. The molecule has 0 radical (unpaired) electrons. The molecule has 0 spiro atoms. The number of hydrogen-bond acceptors (Lipinski definition) is 9. The molecule has 4 heterocycles. The van der Waals surface area contributed by atoms with Crippen molar-refractivity contribution in [2.75, 3.05) is 64.1 Å². The number of rotatable bonds is 18. The van der Waals surface area contributed by atoms with Crippen LogP contribution in [-0.4, -0.2) is 97.5 Å².